The van der Waals surface area contributed by atoms with E-state index in [1.807, 2.05) is 0 Å². The van der Waals surface area contributed by atoms with Crippen LogP contribution in [0.4, 0.5) is 18.9 Å². The monoisotopic (exact) mass is 290 g/mol. The van der Waals surface area contributed by atoms with Gasteiger partial charge in [0.2, 0.25) is 5.91 Å². The average molecular weight is 290 g/mol. The number of nitrogens with two attached hydrogens (primary N) is 1. The van der Waals surface area contributed by atoms with Crippen molar-refractivity contribution in [1.29, 1.82) is 0 Å². The molecule has 1 rings (SSSR count). The van der Waals surface area contributed by atoms with Gasteiger partial charge < -0.3 is 16.0 Å². The Kier molecular flexibility index (Phi) is 4.89. The summed E-state index contributed by atoms with van der Waals surface area (Å²) in [5.41, 5.74) is 5.82. The molecule has 0 radical (unpaired) electrons. The third-order valence-corrected chi connectivity index (χ3v) is 2.22. The second-order valence-corrected chi connectivity index (χ2v) is 4.03. The van der Waals surface area contributed by atoms with Gasteiger partial charge in [-0.1, -0.05) is 0 Å². The van der Waals surface area contributed by atoms with E-state index in [0.29, 0.717) is 5.69 Å². The van der Waals surface area contributed by atoms with Crippen molar-refractivity contribution in [2.75, 3.05) is 25.9 Å². The van der Waals surface area contributed by atoms with Gasteiger partial charge in [0.15, 0.2) is 0 Å². The summed E-state index contributed by atoms with van der Waals surface area (Å²) in [7, 11) is 1.29. The van der Waals surface area contributed by atoms with Crippen LogP contribution >= 0.6 is 0 Å². The lowest BCUT2D eigenvalue weighted by molar-refractivity contribution is -0.138. The number of aromatic nitrogens is 1. The summed E-state index contributed by atoms with van der Waals surface area (Å²) in [4.78, 5) is 27.8. The fourth-order valence-corrected chi connectivity index (χ4v) is 1.27. The number of rotatable bonds is 4. The van der Waals surface area contributed by atoms with Crippen molar-refractivity contribution < 1.29 is 22.8 Å². The number of alkyl halides is 3. The maximum Gasteiger partial charge on any atom is 0.405 e. The Hall–Kier alpha value is -2.32. The van der Waals surface area contributed by atoms with Crippen LogP contribution in [0.25, 0.3) is 0 Å². The molecule has 0 saturated carbocycles. The van der Waals surface area contributed by atoms with Crippen LogP contribution in [0.1, 0.15) is 10.5 Å². The highest BCUT2D eigenvalue weighted by atomic mass is 19.4. The molecule has 0 aromatic carbocycles. The molecule has 6 nitrogen and oxygen atoms in total. The third kappa shape index (κ3) is 5.12. The van der Waals surface area contributed by atoms with Crippen LogP contribution in [-0.4, -0.2) is 48.0 Å². The normalized spacial score (nSPS) is 11.0. The van der Waals surface area contributed by atoms with Crippen LogP contribution < -0.4 is 11.1 Å². The van der Waals surface area contributed by atoms with Gasteiger partial charge in [-0.15, -0.1) is 0 Å². The summed E-state index contributed by atoms with van der Waals surface area (Å²) in [6.07, 6.45) is -3.22. The van der Waals surface area contributed by atoms with Gasteiger partial charge in [0.05, 0.1) is 18.4 Å². The summed E-state index contributed by atoms with van der Waals surface area (Å²) in [6, 6.07) is 2.82. The highest BCUT2D eigenvalue weighted by molar-refractivity contribution is 5.94. The van der Waals surface area contributed by atoms with Crippen molar-refractivity contribution in [3.8, 4) is 0 Å². The van der Waals surface area contributed by atoms with Crippen molar-refractivity contribution in [2.24, 2.45) is 0 Å². The SMILES string of the molecule is CN(CC(=O)NCC(F)(F)F)C(=O)c1ccc(N)cn1. The number of halogens is 3. The summed E-state index contributed by atoms with van der Waals surface area (Å²) in [6.45, 7) is -1.94. The maximum absolute atomic E-state index is 11.9. The van der Waals surface area contributed by atoms with E-state index < -0.39 is 31.1 Å². The summed E-state index contributed by atoms with van der Waals surface area (Å²) >= 11 is 0. The van der Waals surface area contributed by atoms with Crippen molar-refractivity contribution in [3.05, 3.63) is 24.0 Å². The number of carbonyl (C=O) groups excluding carboxylic acids is 2. The first-order valence-corrected chi connectivity index (χ1v) is 5.49. The number of nitrogens with one attached hydrogen (secondary N) is 1. The molecule has 0 unspecified atom stereocenters. The minimum Gasteiger partial charge on any atom is -0.397 e. The molecule has 0 aliphatic heterocycles. The summed E-state index contributed by atoms with van der Waals surface area (Å²) < 4.78 is 35.7. The van der Waals surface area contributed by atoms with Gasteiger partial charge in [0.1, 0.15) is 12.2 Å². The molecule has 1 aromatic heterocycles. The minimum absolute atomic E-state index is 0.0466. The van der Waals surface area contributed by atoms with E-state index in [0.717, 1.165) is 4.90 Å². The van der Waals surface area contributed by atoms with Crippen molar-refractivity contribution in [2.45, 2.75) is 6.18 Å². The number of amides is 2. The van der Waals surface area contributed by atoms with Gasteiger partial charge >= 0.3 is 6.18 Å². The molecule has 1 heterocycles. The minimum atomic E-state index is -4.49. The molecule has 0 spiro atoms. The summed E-state index contributed by atoms with van der Waals surface area (Å²) in [5, 5.41) is 1.67. The first kappa shape index (κ1) is 15.7. The zero-order valence-corrected chi connectivity index (χ0v) is 10.6. The molecular weight excluding hydrogens is 277 g/mol. The highest BCUT2D eigenvalue weighted by Gasteiger charge is 2.28. The van der Waals surface area contributed by atoms with Crippen LogP contribution in [0.2, 0.25) is 0 Å². The Labute approximate surface area is 112 Å². The Morgan fingerprint density at radius 3 is 2.55 bits per heavy atom. The number of nitrogen functional groups attached to an aromatic ring is 1. The number of pyridine rings is 1. The molecule has 0 atom stereocenters. The van der Waals surface area contributed by atoms with Crippen LogP contribution in [0.15, 0.2) is 18.3 Å². The topological polar surface area (TPSA) is 88.3 Å². The molecule has 0 fully saturated rings. The Balaban J connectivity index is 2.53. The second kappa shape index (κ2) is 6.22. The second-order valence-electron chi connectivity index (χ2n) is 4.03. The molecule has 9 heteroatoms. The van der Waals surface area contributed by atoms with Gasteiger partial charge in [-0.2, -0.15) is 13.2 Å². The molecule has 2 amide bonds. The smallest absolute Gasteiger partial charge is 0.397 e. The van der Waals surface area contributed by atoms with Crippen LogP contribution in [0.5, 0.6) is 0 Å². The molecule has 3 N–H and O–H groups in total. The first-order chi connectivity index (χ1) is 9.19. The fraction of sp³-hybridized carbons (Fsp3) is 0.364. The van der Waals surface area contributed by atoms with Gasteiger partial charge in [-0.3, -0.25) is 9.59 Å². The van der Waals surface area contributed by atoms with E-state index in [1.54, 1.807) is 5.32 Å². The number of anilines is 1. The lowest BCUT2D eigenvalue weighted by Crippen LogP contribution is -2.41. The number of carbonyl (C=O) groups is 2. The third-order valence-electron chi connectivity index (χ3n) is 2.22. The van der Waals surface area contributed by atoms with Gasteiger partial charge in [-0.05, 0) is 12.1 Å². The zero-order chi connectivity index (χ0) is 15.3. The number of nitrogens with zero attached hydrogens (tertiary/aromatic N) is 2. The zero-order valence-electron chi connectivity index (χ0n) is 10.6. The van der Waals surface area contributed by atoms with E-state index in [4.69, 9.17) is 5.73 Å². The highest BCUT2D eigenvalue weighted by Crippen LogP contribution is 2.12. The van der Waals surface area contributed by atoms with E-state index in [-0.39, 0.29) is 5.69 Å². The average Bonchev–Trinajstić information content (AvgIpc) is 2.35. The van der Waals surface area contributed by atoms with Gasteiger partial charge in [0.25, 0.3) is 5.91 Å². The fourth-order valence-electron chi connectivity index (χ4n) is 1.27. The van der Waals surface area contributed by atoms with Crippen LogP contribution in [-0.2, 0) is 4.79 Å². The van der Waals surface area contributed by atoms with E-state index in [9.17, 15) is 22.8 Å². The lowest BCUT2D eigenvalue weighted by Gasteiger charge is -2.16. The predicted octanol–water partition coefficient (Wildman–Crippen LogP) is 0.414. The van der Waals surface area contributed by atoms with Gasteiger partial charge in [-0.25, -0.2) is 4.98 Å². The number of likely N-dealkylation sites (N-methyl/N-ethyl adjacent to an activating group) is 1. The van der Waals surface area contributed by atoms with E-state index >= 15 is 0 Å². The first-order valence-electron chi connectivity index (χ1n) is 5.49. The van der Waals surface area contributed by atoms with E-state index in [1.165, 1.54) is 25.4 Å². The van der Waals surface area contributed by atoms with Crippen LogP contribution in [0.3, 0.4) is 0 Å². The molecule has 0 bridgehead atoms. The van der Waals surface area contributed by atoms with Crippen molar-refractivity contribution in [1.82, 2.24) is 15.2 Å². The molecule has 0 aliphatic rings. The molecule has 1 aromatic rings. The Bertz CT molecular complexity index is 487. The molecule has 20 heavy (non-hydrogen) atoms. The van der Waals surface area contributed by atoms with Gasteiger partial charge in [0, 0.05) is 7.05 Å². The standard InChI is InChI=1S/C11H13F3N4O2/c1-18(5-9(19)17-6-11(12,13)14)10(20)8-3-2-7(15)4-16-8/h2-4H,5-6,15H2,1H3,(H,17,19). The maximum atomic E-state index is 11.9. The largest absolute Gasteiger partial charge is 0.405 e. The van der Waals surface area contributed by atoms with Crippen LogP contribution in [0, 0.1) is 0 Å². The Morgan fingerprint density at radius 1 is 1.40 bits per heavy atom. The quantitative estimate of drug-likeness (QED) is 0.841. The lowest BCUT2D eigenvalue weighted by atomic mass is 10.3. The number of hydrogen-bond donors (Lipinski definition) is 2. The van der Waals surface area contributed by atoms with Crippen molar-refractivity contribution in [3.63, 3.8) is 0 Å². The molecule has 0 aliphatic carbocycles. The molecule has 110 valence electrons. The predicted molar refractivity (Wildman–Crippen MR) is 64.7 cm³/mol. The molecular formula is C11H13F3N4O2. The number of hydrogen-bond acceptors (Lipinski definition) is 4. The molecule has 0 saturated heterocycles. The van der Waals surface area contributed by atoms with Crippen molar-refractivity contribution >= 4 is 17.5 Å². The van der Waals surface area contributed by atoms with E-state index in [2.05, 4.69) is 4.98 Å². The summed E-state index contributed by atoms with van der Waals surface area (Å²) in [5.74, 6) is -1.50. The Morgan fingerprint density at radius 2 is 2.05 bits per heavy atom.